The average molecular weight is 250 g/mol. The Hall–Kier alpha value is -2.38. The molecule has 0 fully saturated rings. The van der Waals surface area contributed by atoms with Crippen LogP contribution in [0.3, 0.4) is 0 Å². The van der Waals surface area contributed by atoms with Crippen molar-refractivity contribution < 1.29 is 9.47 Å². The minimum atomic E-state index is 0.129. The summed E-state index contributed by atoms with van der Waals surface area (Å²) in [5.74, 6) is 0.763. The van der Waals surface area contributed by atoms with E-state index in [2.05, 4.69) is 30.5 Å². The third kappa shape index (κ3) is 2.84. The van der Waals surface area contributed by atoms with E-state index in [1.807, 2.05) is 13.8 Å². The molecule has 0 spiro atoms. The highest BCUT2D eigenvalue weighted by Crippen LogP contribution is 2.18. The fraction of sp³-hybridized carbons (Fsp3) is 0.400. The van der Waals surface area contributed by atoms with Crippen LogP contribution in [0.5, 0.6) is 17.9 Å². The summed E-state index contributed by atoms with van der Waals surface area (Å²) >= 11 is 0. The number of hydrogen-bond donors (Lipinski definition) is 2. The van der Waals surface area contributed by atoms with Crippen molar-refractivity contribution in [2.45, 2.75) is 13.8 Å². The third-order valence-corrected chi connectivity index (χ3v) is 1.97. The molecule has 8 nitrogen and oxygen atoms in total. The molecule has 2 rings (SSSR count). The SMILES string of the molecule is CCOc1nc(NC)nc(Oc2cc(C)[nH]n2)n1. The van der Waals surface area contributed by atoms with E-state index in [1.165, 1.54) is 0 Å². The summed E-state index contributed by atoms with van der Waals surface area (Å²) in [7, 11) is 1.70. The maximum absolute atomic E-state index is 5.40. The van der Waals surface area contributed by atoms with E-state index >= 15 is 0 Å². The zero-order chi connectivity index (χ0) is 13.0. The molecule has 2 aromatic rings. The van der Waals surface area contributed by atoms with Crippen molar-refractivity contribution in [1.82, 2.24) is 25.1 Å². The Morgan fingerprint density at radius 3 is 2.67 bits per heavy atom. The highest BCUT2D eigenvalue weighted by molar-refractivity contribution is 5.27. The van der Waals surface area contributed by atoms with Gasteiger partial charge < -0.3 is 14.8 Å². The van der Waals surface area contributed by atoms with Gasteiger partial charge in [0.15, 0.2) is 0 Å². The van der Waals surface area contributed by atoms with Crippen LogP contribution in [0.2, 0.25) is 0 Å². The molecular formula is C10H14N6O2. The lowest BCUT2D eigenvalue weighted by molar-refractivity contribution is 0.303. The lowest BCUT2D eigenvalue weighted by Crippen LogP contribution is -2.05. The van der Waals surface area contributed by atoms with Gasteiger partial charge in [0.05, 0.1) is 6.61 Å². The first-order valence-corrected chi connectivity index (χ1v) is 5.47. The smallest absolute Gasteiger partial charge is 0.331 e. The summed E-state index contributed by atoms with van der Waals surface area (Å²) in [6, 6.07) is 2.08. The lowest BCUT2D eigenvalue weighted by Gasteiger charge is -2.05. The highest BCUT2D eigenvalue weighted by atomic mass is 16.5. The minimum Gasteiger partial charge on any atom is -0.464 e. The molecule has 0 aliphatic carbocycles. The largest absolute Gasteiger partial charge is 0.464 e. The number of hydrogen-bond acceptors (Lipinski definition) is 7. The molecule has 0 saturated heterocycles. The predicted molar refractivity (Wildman–Crippen MR) is 63.9 cm³/mol. The molecule has 0 aliphatic rings. The van der Waals surface area contributed by atoms with Gasteiger partial charge in [-0.3, -0.25) is 5.10 Å². The zero-order valence-electron chi connectivity index (χ0n) is 10.4. The Morgan fingerprint density at radius 2 is 2.06 bits per heavy atom. The van der Waals surface area contributed by atoms with Crippen LogP contribution in [-0.2, 0) is 0 Å². The Bertz CT molecular complexity index is 527. The van der Waals surface area contributed by atoms with Crippen LogP contribution in [0, 0.1) is 6.92 Å². The van der Waals surface area contributed by atoms with Crippen LogP contribution in [0.1, 0.15) is 12.6 Å². The molecule has 0 aromatic carbocycles. The molecule has 2 N–H and O–H groups in total. The molecule has 0 bridgehead atoms. The summed E-state index contributed by atoms with van der Waals surface area (Å²) in [5.41, 5.74) is 0.887. The first-order valence-electron chi connectivity index (χ1n) is 5.47. The Balaban J connectivity index is 2.23. The Labute approximate surface area is 104 Å². The van der Waals surface area contributed by atoms with E-state index in [9.17, 15) is 0 Å². The molecule has 0 radical (unpaired) electrons. The van der Waals surface area contributed by atoms with Crippen LogP contribution in [-0.4, -0.2) is 38.8 Å². The number of aromatic nitrogens is 5. The first-order chi connectivity index (χ1) is 8.71. The first kappa shape index (κ1) is 12.1. The van der Waals surface area contributed by atoms with Crippen LogP contribution in [0.15, 0.2) is 6.07 Å². The number of aromatic amines is 1. The molecule has 0 unspecified atom stereocenters. The maximum Gasteiger partial charge on any atom is 0.331 e. The van der Waals surface area contributed by atoms with Gasteiger partial charge in [0, 0.05) is 18.8 Å². The summed E-state index contributed by atoms with van der Waals surface area (Å²) in [5, 5.41) is 9.50. The molecule has 0 saturated carbocycles. The van der Waals surface area contributed by atoms with Gasteiger partial charge in [0.2, 0.25) is 11.8 Å². The molecule has 2 heterocycles. The Morgan fingerprint density at radius 1 is 1.28 bits per heavy atom. The van der Waals surface area contributed by atoms with Crippen molar-refractivity contribution >= 4 is 5.95 Å². The molecular weight excluding hydrogens is 236 g/mol. The number of nitrogens with zero attached hydrogens (tertiary/aromatic N) is 4. The van der Waals surface area contributed by atoms with Gasteiger partial charge >= 0.3 is 12.0 Å². The fourth-order valence-electron chi connectivity index (χ4n) is 1.23. The molecule has 0 atom stereocenters. The molecule has 96 valence electrons. The van der Waals surface area contributed by atoms with Crippen LogP contribution >= 0.6 is 0 Å². The van der Waals surface area contributed by atoms with Crippen LogP contribution in [0.4, 0.5) is 5.95 Å². The van der Waals surface area contributed by atoms with E-state index in [-0.39, 0.29) is 12.0 Å². The third-order valence-electron chi connectivity index (χ3n) is 1.97. The van der Waals surface area contributed by atoms with E-state index < -0.39 is 0 Å². The van der Waals surface area contributed by atoms with Crippen LogP contribution < -0.4 is 14.8 Å². The summed E-state index contributed by atoms with van der Waals surface area (Å²) in [4.78, 5) is 12.1. The van der Waals surface area contributed by atoms with Crippen molar-refractivity contribution in [2.75, 3.05) is 19.0 Å². The zero-order valence-corrected chi connectivity index (χ0v) is 10.4. The monoisotopic (exact) mass is 250 g/mol. The van der Waals surface area contributed by atoms with Crippen molar-refractivity contribution in [3.8, 4) is 17.9 Å². The highest BCUT2D eigenvalue weighted by Gasteiger charge is 2.09. The van der Waals surface area contributed by atoms with Gasteiger partial charge in [-0.1, -0.05) is 0 Å². The quantitative estimate of drug-likeness (QED) is 0.820. The van der Waals surface area contributed by atoms with Crippen LogP contribution in [0.25, 0.3) is 0 Å². The lowest BCUT2D eigenvalue weighted by atomic mass is 10.5. The normalized spacial score (nSPS) is 10.2. The topological polar surface area (TPSA) is 97.8 Å². The number of aryl methyl sites for hydroxylation is 1. The second kappa shape index (κ2) is 5.30. The van der Waals surface area contributed by atoms with Gasteiger partial charge in [-0.25, -0.2) is 0 Å². The number of rotatable bonds is 5. The predicted octanol–water partition coefficient (Wildman–Crippen LogP) is 1.14. The second-order valence-electron chi connectivity index (χ2n) is 3.40. The van der Waals surface area contributed by atoms with Gasteiger partial charge in [-0.2, -0.15) is 9.97 Å². The summed E-state index contributed by atoms with van der Waals surface area (Å²) < 4.78 is 10.6. The molecule has 8 heteroatoms. The molecule has 0 amide bonds. The standard InChI is InChI=1S/C10H14N6O2/c1-4-17-9-12-8(11-3)13-10(14-9)18-7-5-6(2)15-16-7/h5H,4H2,1-3H3,(H,15,16)(H,11,12,13,14). The fourth-order valence-corrected chi connectivity index (χ4v) is 1.23. The van der Waals surface area contributed by atoms with Gasteiger partial charge in [-0.15, -0.1) is 10.1 Å². The molecule has 2 aromatic heterocycles. The summed E-state index contributed by atoms with van der Waals surface area (Å²) in [6.45, 7) is 4.19. The van der Waals surface area contributed by atoms with E-state index in [0.717, 1.165) is 5.69 Å². The van der Waals surface area contributed by atoms with E-state index in [1.54, 1.807) is 13.1 Å². The van der Waals surface area contributed by atoms with E-state index in [0.29, 0.717) is 18.4 Å². The van der Waals surface area contributed by atoms with Crippen molar-refractivity contribution in [1.29, 1.82) is 0 Å². The Kier molecular flexibility index (Phi) is 3.56. The van der Waals surface area contributed by atoms with Crippen molar-refractivity contribution in [2.24, 2.45) is 0 Å². The molecule has 18 heavy (non-hydrogen) atoms. The second-order valence-corrected chi connectivity index (χ2v) is 3.40. The number of ether oxygens (including phenoxy) is 2. The summed E-state index contributed by atoms with van der Waals surface area (Å²) in [6.07, 6.45) is 0. The maximum atomic E-state index is 5.40. The van der Waals surface area contributed by atoms with Gasteiger partial charge in [0.1, 0.15) is 0 Å². The number of nitrogens with one attached hydrogen (secondary N) is 2. The average Bonchev–Trinajstić information content (AvgIpc) is 2.75. The molecule has 0 aliphatic heterocycles. The number of anilines is 1. The van der Waals surface area contributed by atoms with Gasteiger partial charge in [0.25, 0.3) is 0 Å². The minimum absolute atomic E-state index is 0.129. The number of H-pyrrole nitrogens is 1. The van der Waals surface area contributed by atoms with Crippen molar-refractivity contribution in [3.63, 3.8) is 0 Å². The van der Waals surface area contributed by atoms with Gasteiger partial charge in [-0.05, 0) is 13.8 Å². The van der Waals surface area contributed by atoms with Crippen molar-refractivity contribution in [3.05, 3.63) is 11.8 Å². The van der Waals surface area contributed by atoms with E-state index in [4.69, 9.17) is 9.47 Å².